The lowest BCUT2D eigenvalue weighted by Gasteiger charge is -2.16. The molecule has 2 N–H and O–H groups in total. The summed E-state index contributed by atoms with van der Waals surface area (Å²) < 4.78 is 0. The standard InChI is InChI=1S/C8H19N/c1-8(2,3)6-4-5-7-9/h4-7,9H2,1-3H3. The maximum atomic E-state index is 5.36. The van der Waals surface area contributed by atoms with Crippen LogP contribution in [0, 0.1) is 5.41 Å². The molecule has 0 radical (unpaired) electrons. The third-order valence-electron chi connectivity index (χ3n) is 1.38. The molecule has 0 saturated carbocycles. The molecular formula is C8H19N. The Bertz CT molecular complexity index is 61.5. The van der Waals surface area contributed by atoms with Gasteiger partial charge < -0.3 is 5.73 Å². The molecule has 0 heterocycles. The molecular weight excluding hydrogens is 110 g/mol. The van der Waals surface area contributed by atoms with E-state index < -0.39 is 0 Å². The highest BCUT2D eigenvalue weighted by Gasteiger charge is 2.07. The molecule has 0 rings (SSSR count). The van der Waals surface area contributed by atoms with E-state index in [0.717, 1.165) is 6.54 Å². The summed E-state index contributed by atoms with van der Waals surface area (Å²) in [4.78, 5) is 0. The van der Waals surface area contributed by atoms with E-state index in [2.05, 4.69) is 20.8 Å². The third kappa shape index (κ3) is 7.96. The lowest BCUT2D eigenvalue weighted by Crippen LogP contribution is -2.06. The van der Waals surface area contributed by atoms with E-state index in [0.29, 0.717) is 5.41 Å². The highest BCUT2D eigenvalue weighted by molar-refractivity contribution is 4.60. The second kappa shape index (κ2) is 3.89. The fourth-order valence-electron chi connectivity index (χ4n) is 0.800. The smallest absolute Gasteiger partial charge is 0.00773 e. The van der Waals surface area contributed by atoms with Gasteiger partial charge in [-0.15, -0.1) is 0 Å². The van der Waals surface area contributed by atoms with Gasteiger partial charge in [0, 0.05) is 0 Å². The molecule has 9 heavy (non-hydrogen) atoms. The summed E-state index contributed by atoms with van der Waals surface area (Å²) in [7, 11) is 0. The molecule has 0 atom stereocenters. The number of nitrogens with two attached hydrogens (primary N) is 1. The Hall–Kier alpha value is -0.0400. The predicted octanol–water partition coefficient (Wildman–Crippen LogP) is 2.16. The lowest BCUT2D eigenvalue weighted by molar-refractivity contribution is 0.361. The Morgan fingerprint density at radius 3 is 2.00 bits per heavy atom. The zero-order valence-corrected chi connectivity index (χ0v) is 6.91. The van der Waals surface area contributed by atoms with Crippen molar-refractivity contribution in [2.75, 3.05) is 6.54 Å². The van der Waals surface area contributed by atoms with Gasteiger partial charge in [0.1, 0.15) is 0 Å². The summed E-state index contributed by atoms with van der Waals surface area (Å²) in [5.41, 5.74) is 5.85. The number of rotatable bonds is 3. The second-order valence-corrected chi connectivity index (χ2v) is 3.81. The molecule has 0 aliphatic heterocycles. The highest BCUT2D eigenvalue weighted by atomic mass is 14.5. The minimum absolute atomic E-state index is 0.495. The minimum atomic E-state index is 0.495. The quantitative estimate of drug-likeness (QED) is 0.581. The van der Waals surface area contributed by atoms with E-state index in [9.17, 15) is 0 Å². The van der Waals surface area contributed by atoms with Crippen molar-refractivity contribution in [3.8, 4) is 0 Å². The number of unbranched alkanes of at least 4 members (excludes halogenated alkanes) is 1. The monoisotopic (exact) mass is 129 g/mol. The van der Waals surface area contributed by atoms with Crippen LogP contribution in [0.25, 0.3) is 0 Å². The normalized spacial score (nSPS) is 12.0. The van der Waals surface area contributed by atoms with Crippen LogP contribution in [0.3, 0.4) is 0 Å². The van der Waals surface area contributed by atoms with Crippen molar-refractivity contribution < 1.29 is 0 Å². The van der Waals surface area contributed by atoms with Crippen LogP contribution in [-0.2, 0) is 0 Å². The molecule has 0 aromatic heterocycles. The molecule has 1 nitrogen and oxygen atoms in total. The maximum absolute atomic E-state index is 5.36. The largest absolute Gasteiger partial charge is 0.330 e. The first-order valence-corrected chi connectivity index (χ1v) is 3.76. The van der Waals surface area contributed by atoms with Crippen LogP contribution in [-0.4, -0.2) is 6.54 Å². The van der Waals surface area contributed by atoms with Crippen LogP contribution in [0.15, 0.2) is 0 Å². The molecule has 0 aromatic carbocycles. The van der Waals surface area contributed by atoms with E-state index in [1.54, 1.807) is 0 Å². The summed E-state index contributed by atoms with van der Waals surface area (Å²) in [6.07, 6.45) is 3.75. The van der Waals surface area contributed by atoms with Gasteiger partial charge in [0.25, 0.3) is 0 Å². The molecule has 0 aliphatic carbocycles. The van der Waals surface area contributed by atoms with Crippen LogP contribution < -0.4 is 5.73 Å². The van der Waals surface area contributed by atoms with Crippen molar-refractivity contribution in [2.24, 2.45) is 11.1 Å². The maximum Gasteiger partial charge on any atom is -0.00773 e. The Labute approximate surface area is 58.6 Å². The number of hydrogen-bond acceptors (Lipinski definition) is 1. The zero-order valence-electron chi connectivity index (χ0n) is 6.91. The fourth-order valence-corrected chi connectivity index (χ4v) is 0.800. The van der Waals surface area contributed by atoms with Gasteiger partial charge in [0.15, 0.2) is 0 Å². The molecule has 0 aliphatic rings. The van der Waals surface area contributed by atoms with E-state index in [1.165, 1.54) is 19.3 Å². The fraction of sp³-hybridized carbons (Fsp3) is 1.00. The molecule has 0 amide bonds. The summed E-state index contributed by atoms with van der Waals surface area (Å²) in [6.45, 7) is 7.65. The van der Waals surface area contributed by atoms with Crippen LogP contribution in [0.2, 0.25) is 0 Å². The predicted molar refractivity (Wildman–Crippen MR) is 42.4 cm³/mol. The topological polar surface area (TPSA) is 26.0 Å². The van der Waals surface area contributed by atoms with E-state index in [4.69, 9.17) is 5.73 Å². The van der Waals surface area contributed by atoms with E-state index in [1.807, 2.05) is 0 Å². The third-order valence-corrected chi connectivity index (χ3v) is 1.38. The van der Waals surface area contributed by atoms with Crippen molar-refractivity contribution in [3.05, 3.63) is 0 Å². The van der Waals surface area contributed by atoms with Crippen LogP contribution in [0.4, 0.5) is 0 Å². The molecule has 0 spiro atoms. The molecule has 0 aromatic rings. The summed E-state index contributed by atoms with van der Waals surface area (Å²) in [5, 5.41) is 0. The summed E-state index contributed by atoms with van der Waals surface area (Å²) in [5.74, 6) is 0. The first-order valence-electron chi connectivity index (χ1n) is 3.76. The second-order valence-electron chi connectivity index (χ2n) is 3.81. The first kappa shape index (κ1) is 8.96. The SMILES string of the molecule is CC(C)(C)CCCCN. The van der Waals surface area contributed by atoms with Gasteiger partial charge in [-0.1, -0.05) is 27.2 Å². The minimum Gasteiger partial charge on any atom is -0.330 e. The van der Waals surface area contributed by atoms with Crippen LogP contribution in [0.5, 0.6) is 0 Å². The van der Waals surface area contributed by atoms with Gasteiger partial charge in [-0.25, -0.2) is 0 Å². The van der Waals surface area contributed by atoms with Gasteiger partial charge in [0.05, 0.1) is 0 Å². The zero-order chi connectivity index (χ0) is 7.33. The molecule has 0 unspecified atom stereocenters. The summed E-state index contributed by atoms with van der Waals surface area (Å²) in [6, 6.07) is 0. The van der Waals surface area contributed by atoms with Gasteiger partial charge in [0.2, 0.25) is 0 Å². The van der Waals surface area contributed by atoms with Crippen molar-refractivity contribution in [1.29, 1.82) is 0 Å². The van der Waals surface area contributed by atoms with Gasteiger partial charge in [-0.2, -0.15) is 0 Å². The highest BCUT2D eigenvalue weighted by Crippen LogP contribution is 2.20. The van der Waals surface area contributed by atoms with Gasteiger partial charge >= 0.3 is 0 Å². The van der Waals surface area contributed by atoms with Crippen molar-refractivity contribution in [2.45, 2.75) is 40.0 Å². The molecule has 0 bridgehead atoms. The van der Waals surface area contributed by atoms with Crippen molar-refractivity contribution in [1.82, 2.24) is 0 Å². The Morgan fingerprint density at radius 2 is 1.67 bits per heavy atom. The number of hydrogen-bond donors (Lipinski definition) is 1. The average Bonchev–Trinajstić information content (AvgIpc) is 1.63. The molecule has 0 saturated heterocycles. The van der Waals surface area contributed by atoms with Crippen molar-refractivity contribution >= 4 is 0 Å². The van der Waals surface area contributed by atoms with Crippen molar-refractivity contribution in [3.63, 3.8) is 0 Å². The average molecular weight is 129 g/mol. The lowest BCUT2D eigenvalue weighted by atomic mass is 9.90. The van der Waals surface area contributed by atoms with E-state index >= 15 is 0 Å². The van der Waals surface area contributed by atoms with Gasteiger partial charge in [-0.3, -0.25) is 0 Å². The molecule has 56 valence electrons. The molecule has 0 fully saturated rings. The first-order chi connectivity index (χ1) is 4.06. The van der Waals surface area contributed by atoms with Crippen LogP contribution in [0.1, 0.15) is 40.0 Å². The van der Waals surface area contributed by atoms with Crippen LogP contribution >= 0.6 is 0 Å². The van der Waals surface area contributed by atoms with E-state index in [-0.39, 0.29) is 0 Å². The van der Waals surface area contributed by atoms with Gasteiger partial charge in [-0.05, 0) is 24.8 Å². The summed E-state index contributed by atoms with van der Waals surface area (Å²) >= 11 is 0. The Balaban J connectivity index is 3.07. The molecule has 1 heteroatoms. The Morgan fingerprint density at radius 1 is 1.11 bits per heavy atom. The Kier molecular flexibility index (Phi) is 3.87.